The van der Waals surface area contributed by atoms with Crippen LogP contribution in [0.2, 0.25) is 0 Å². The Bertz CT molecular complexity index is 2480. The highest BCUT2D eigenvalue weighted by molar-refractivity contribution is 6.11. The number of hydrogen-bond donors (Lipinski definition) is 0. The number of benzene rings is 6. The van der Waals surface area contributed by atoms with Crippen LogP contribution in [0.5, 0.6) is 0 Å². The highest BCUT2D eigenvalue weighted by Gasteiger charge is 2.23. The summed E-state index contributed by atoms with van der Waals surface area (Å²) in [5.74, 6) is 0. The van der Waals surface area contributed by atoms with Crippen LogP contribution >= 0.6 is 0 Å². The Balaban J connectivity index is 1.11. The molecule has 0 amide bonds. The monoisotopic (exact) mass is 656 g/mol. The van der Waals surface area contributed by atoms with Crippen LogP contribution in [0.4, 0.5) is 17.1 Å². The highest BCUT2D eigenvalue weighted by atomic mass is 15.1. The van der Waals surface area contributed by atoms with E-state index < -0.39 is 0 Å². The SMILES string of the molecule is CC1(c2ccc(-c3ccc(N(c4ccccc4)c4ccc5c6ccccc6n(C6=CC=C(c7ccccc7)CC6)c5c4)cc3)cc2)C=CC=CC1. The van der Waals surface area contributed by atoms with Crippen LogP contribution in [-0.4, -0.2) is 4.57 Å². The Hall–Kier alpha value is -6.12. The van der Waals surface area contributed by atoms with Gasteiger partial charge in [-0.25, -0.2) is 0 Å². The summed E-state index contributed by atoms with van der Waals surface area (Å²) in [4.78, 5) is 2.38. The van der Waals surface area contributed by atoms with Gasteiger partial charge in [0, 0.05) is 38.9 Å². The first kappa shape index (κ1) is 30.9. The molecule has 0 saturated carbocycles. The molecule has 51 heavy (non-hydrogen) atoms. The van der Waals surface area contributed by atoms with Crippen LogP contribution in [0, 0.1) is 0 Å². The predicted octanol–water partition coefficient (Wildman–Crippen LogP) is 13.4. The smallest absolute Gasteiger partial charge is 0.0558 e. The summed E-state index contributed by atoms with van der Waals surface area (Å²) in [6.07, 6.45) is 16.6. The molecule has 0 aliphatic heterocycles. The summed E-state index contributed by atoms with van der Waals surface area (Å²) in [5.41, 5.74) is 13.7. The lowest BCUT2D eigenvalue weighted by Crippen LogP contribution is -2.19. The molecular formula is C49H40N2. The maximum atomic E-state index is 2.49. The second-order valence-corrected chi connectivity index (χ2v) is 14.0. The first-order valence-corrected chi connectivity index (χ1v) is 18.0. The minimum atomic E-state index is 0.0510. The van der Waals surface area contributed by atoms with Crippen molar-refractivity contribution in [1.82, 2.24) is 4.57 Å². The van der Waals surface area contributed by atoms with Crippen molar-refractivity contribution < 1.29 is 0 Å². The molecule has 0 N–H and O–H groups in total. The standard InChI is InChI=1S/C49H40N2/c1-49(33-11-4-12-34-49)40-25-19-37(20-26-40)39-21-27-42(28-22-39)50(41-15-7-3-8-16-41)44-31-32-46-45-17-9-10-18-47(45)51(48(46)35-44)43-29-23-38(24-30-43)36-13-5-2-6-14-36/h2-23,25-29,31-33,35H,24,30,34H2,1H3. The van der Waals surface area contributed by atoms with E-state index in [0.717, 1.165) is 36.3 Å². The summed E-state index contributed by atoms with van der Waals surface area (Å²) in [5, 5.41) is 2.55. The van der Waals surface area contributed by atoms with Gasteiger partial charge in [-0.15, -0.1) is 0 Å². The van der Waals surface area contributed by atoms with E-state index in [1.54, 1.807) is 0 Å². The van der Waals surface area contributed by atoms with Crippen molar-refractivity contribution in [3.8, 4) is 11.1 Å². The first-order chi connectivity index (χ1) is 25.1. The van der Waals surface area contributed by atoms with E-state index in [-0.39, 0.29) is 5.41 Å². The van der Waals surface area contributed by atoms with Crippen molar-refractivity contribution in [1.29, 1.82) is 0 Å². The van der Waals surface area contributed by atoms with Crippen molar-refractivity contribution in [2.75, 3.05) is 4.90 Å². The number of allylic oxidation sites excluding steroid dienone is 8. The largest absolute Gasteiger partial charge is 0.313 e. The number of hydrogen-bond acceptors (Lipinski definition) is 1. The van der Waals surface area contributed by atoms with Crippen LogP contribution < -0.4 is 4.90 Å². The number of fused-ring (bicyclic) bond motifs is 3. The molecule has 1 atom stereocenters. The number of aromatic nitrogens is 1. The molecule has 0 bridgehead atoms. The Morgan fingerprint density at radius 3 is 1.88 bits per heavy atom. The van der Waals surface area contributed by atoms with Gasteiger partial charge in [0.05, 0.1) is 11.0 Å². The van der Waals surface area contributed by atoms with Gasteiger partial charge in [0.1, 0.15) is 0 Å². The van der Waals surface area contributed by atoms with Gasteiger partial charge in [0.2, 0.25) is 0 Å². The maximum Gasteiger partial charge on any atom is 0.0558 e. The van der Waals surface area contributed by atoms with Crippen LogP contribution in [0.25, 0.3) is 44.2 Å². The Kier molecular flexibility index (Phi) is 7.86. The fraction of sp³-hybridized carbons (Fsp3) is 0.102. The third kappa shape index (κ3) is 5.73. The lowest BCUT2D eigenvalue weighted by Gasteiger charge is -2.27. The number of rotatable bonds is 7. The molecule has 0 fully saturated rings. The molecule has 7 aromatic rings. The summed E-state index contributed by atoms with van der Waals surface area (Å²) in [6, 6.07) is 55.4. The molecule has 1 unspecified atom stereocenters. The third-order valence-corrected chi connectivity index (χ3v) is 10.7. The van der Waals surface area contributed by atoms with Crippen molar-refractivity contribution >= 4 is 50.1 Å². The fourth-order valence-corrected chi connectivity index (χ4v) is 7.92. The maximum absolute atomic E-state index is 2.49. The zero-order valence-electron chi connectivity index (χ0n) is 28.9. The number of anilines is 3. The molecule has 0 radical (unpaired) electrons. The van der Waals surface area contributed by atoms with Gasteiger partial charge in [-0.1, -0.05) is 146 Å². The molecular weight excluding hydrogens is 617 g/mol. The quantitative estimate of drug-likeness (QED) is 0.166. The molecule has 6 aromatic carbocycles. The Morgan fingerprint density at radius 2 is 1.18 bits per heavy atom. The fourth-order valence-electron chi connectivity index (χ4n) is 7.92. The molecule has 0 saturated heterocycles. The van der Waals surface area contributed by atoms with Crippen molar-refractivity contribution in [3.05, 3.63) is 199 Å². The van der Waals surface area contributed by atoms with Gasteiger partial charge >= 0.3 is 0 Å². The van der Waals surface area contributed by atoms with E-state index >= 15 is 0 Å². The average molecular weight is 657 g/mol. The van der Waals surface area contributed by atoms with Crippen LogP contribution in [0.3, 0.4) is 0 Å². The zero-order valence-corrected chi connectivity index (χ0v) is 28.9. The number of para-hydroxylation sites is 2. The Morgan fingerprint density at radius 1 is 0.529 bits per heavy atom. The van der Waals surface area contributed by atoms with Gasteiger partial charge in [0.15, 0.2) is 0 Å². The molecule has 2 heteroatoms. The Labute approximate surface area is 300 Å². The lowest BCUT2D eigenvalue weighted by molar-refractivity contribution is 0.600. The van der Waals surface area contributed by atoms with Gasteiger partial charge in [-0.05, 0) is 95.6 Å². The van der Waals surface area contributed by atoms with E-state index in [4.69, 9.17) is 0 Å². The minimum Gasteiger partial charge on any atom is -0.313 e. The third-order valence-electron chi connectivity index (χ3n) is 10.7. The molecule has 2 nitrogen and oxygen atoms in total. The molecule has 9 rings (SSSR count). The summed E-state index contributed by atoms with van der Waals surface area (Å²) in [6.45, 7) is 2.32. The van der Waals surface area contributed by atoms with E-state index in [9.17, 15) is 0 Å². The molecule has 1 aromatic heterocycles. The molecule has 2 aliphatic rings. The van der Waals surface area contributed by atoms with E-state index in [1.807, 2.05) is 0 Å². The summed E-state index contributed by atoms with van der Waals surface area (Å²) in [7, 11) is 0. The first-order valence-electron chi connectivity index (χ1n) is 18.0. The summed E-state index contributed by atoms with van der Waals surface area (Å²) < 4.78 is 2.49. The average Bonchev–Trinajstić information content (AvgIpc) is 3.53. The number of nitrogens with zero attached hydrogens (tertiary/aromatic N) is 2. The van der Waals surface area contributed by atoms with Crippen LogP contribution in [0.15, 0.2) is 188 Å². The van der Waals surface area contributed by atoms with E-state index in [0.29, 0.717) is 0 Å². The zero-order chi connectivity index (χ0) is 34.2. The van der Waals surface area contributed by atoms with Gasteiger partial charge < -0.3 is 9.47 Å². The molecule has 2 aliphatic carbocycles. The predicted molar refractivity (Wildman–Crippen MR) is 218 cm³/mol. The molecule has 246 valence electrons. The van der Waals surface area contributed by atoms with Crippen molar-refractivity contribution in [2.45, 2.75) is 31.6 Å². The van der Waals surface area contributed by atoms with Gasteiger partial charge in [-0.3, -0.25) is 0 Å². The van der Waals surface area contributed by atoms with Crippen molar-refractivity contribution in [3.63, 3.8) is 0 Å². The van der Waals surface area contributed by atoms with E-state index in [2.05, 4.69) is 205 Å². The van der Waals surface area contributed by atoms with E-state index in [1.165, 1.54) is 55.3 Å². The topological polar surface area (TPSA) is 8.17 Å². The minimum absolute atomic E-state index is 0.0510. The van der Waals surface area contributed by atoms with Crippen LogP contribution in [0.1, 0.15) is 37.3 Å². The normalized spacial score (nSPS) is 17.0. The van der Waals surface area contributed by atoms with Gasteiger partial charge in [-0.2, -0.15) is 0 Å². The lowest BCUT2D eigenvalue weighted by atomic mass is 9.77. The van der Waals surface area contributed by atoms with Crippen LogP contribution in [-0.2, 0) is 5.41 Å². The van der Waals surface area contributed by atoms with Crippen molar-refractivity contribution in [2.24, 2.45) is 0 Å². The summed E-state index contributed by atoms with van der Waals surface area (Å²) >= 11 is 0. The van der Waals surface area contributed by atoms with Gasteiger partial charge in [0.25, 0.3) is 0 Å². The second-order valence-electron chi connectivity index (χ2n) is 14.0. The molecule has 0 spiro atoms. The molecule has 1 heterocycles. The highest BCUT2D eigenvalue weighted by Crippen LogP contribution is 2.42. The second kappa shape index (κ2) is 13.0.